The Bertz CT molecular complexity index is 436. The lowest BCUT2D eigenvalue weighted by Crippen LogP contribution is -2.27. The highest BCUT2D eigenvalue weighted by Gasteiger charge is 2.21. The van der Waals surface area contributed by atoms with Gasteiger partial charge in [-0.3, -0.25) is 9.59 Å². The molecule has 1 aromatic rings. The molecule has 86 valence electrons. The summed E-state index contributed by atoms with van der Waals surface area (Å²) in [6.45, 7) is 1.21. The van der Waals surface area contributed by atoms with E-state index in [-0.39, 0.29) is 10.7 Å². The van der Waals surface area contributed by atoms with E-state index in [1.807, 2.05) is 0 Å². The Morgan fingerprint density at radius 2 is 2.12 bits per heavy atom. The fraction of sp³-hybridized carbons (Fsp3) is 0.200. The number of nitrogens with one attached hydrogen (secondary N) is 1. The molecule has 0 radical (unpaired) electrons. The lowest BCUT2D eigenvalue weighted by Gasteiger charge is -2.09. The van der Waals surface area contributed by atoms with Crippen LogP contribution in [0.25, 0.3) is 0 Å². The van der Waals surface area contributed by atoms with E-state index in [1.54, 1.807) is 0 Å². The van der Waals surface area contributed by atoms with Gasteiger partial charge in [0.15, 0.2) is 0 Å². The van der Waals surface area contributed by atoms with Crippen LogP contribution in [-0.2, 0) is 9.59 Å². The molecule has 1 atom stereocenters. The van der Waals surface area contributed by atoms with E-state index in [4.69, 9.17) is 16.7 Å². The first-order valence-electron chi connectivity index (χ1n) is 4.40. The normalized spacial score (nSPS) is 11.9. The topological polar surface area (TPSA) is 66.4 Å². The Morgan fingerprint density at radius 3 is 2.62 bits per heavy atom. The number of carbonyl (C=O) groups excluding carboxylic acids is 1. The third-order valence-electron chi connectivity index (χ3n) is 1.95. The second kappa shape index (κ2) is 4.94. The Kier molecular flexibility index (Phi) is 3.84. The van der Waals surface area contributed by atoms with E-state index in [9.17, 15) is 14.0 Å². The number of amides is 1. The molecule has 2 N–H and O–H groups in total. The standard InChI is InChI=1S/C10H9ClFNO3/c1-5(10(15)16)9(14)13-8-3-2-6(11)4-7(8)12/h2-5H,1H3,(H,13,14)(H,15,16). The monoisotopic (exact) mass is 245 g/mol. The number of hydrogen-bond donors (Lipinski definition) is 2. The largest absolute Gasteiger partial charge is 0.481 e. The van der Waals surface area contributed by atoms with Crippen molar-refractivity contribution in [2.75, 3.05) is 5.32 Å². The van der Waals surface area contributed by atoms with E-state index in [1.165, 1.54) is 19.1 Å². The molecular formula is C10H9ClFNO3. The van der Waals surface area contributed by atoms with Crippen LogP contribution in [-0.4, -0.2) is 17.0 Å². The van der Waals surface area contributed by atoms with Gasteiger partial charge in [0, 0.05) is 5.02 Å². The molecule has 0 aliphatic rings. The third-order valence-corrected chi connectivity index (χ3v) is 2.19. The van der Waals surface area contributed by atoms with Crippen LogP contribution < -0.4 is 5.32 Å². The van der Waals surface area contributed by atoms with Gasteiger partial charge in [-0.05, 0) is 25.1 Å². The van der Waals surface area contributed by atoms with Gasteiger partial charge in [0.25, 0.3) is 0 Å². The van der Waals surface area contributed by atoms with E-state index in [0.29, 0.717) is 0 Å². The first-order valence-corrected chi connectivity index (χ1v) is 4.78. The number of benzene rings is 1. The quantitative estimate of drug-likeness (QED) is 0.802. The second-order valence-corrected chi connectivity index (χ2v) is 3.61. The second-order valence-electron chi connectivity index (χ2n) is 3.17. The first-order chi connectivity index (χ1) is 7.41. The van der Waals surface area contributed by atoms with Gasteiger partial charge in [-0.2, -0.15) is 0 Å². The number of hydrogen-bond acceptors (Lipinski definition) is 2. The number of carboxylic acid groups (broad SMARTS) is 1. The summed E-state index contributed by atoms with van der Waals surface area (Å²) in [4.78, 5) is 21.8. The van der Waals surface area contributed by atoms with Gasteiger partial charge in [-0.1, -0.05) is 11.6 Å². The minimum atomic E-state index is -1.27. The summed E-state index contributed by atoms with van der Waals surface area (Å²) in [5.41, 5.74) is -0.0949. The molecular weight excluding hydrogens is 237 g/mol. The van der Waals surface area contributed by atoms with Gasteiger partial charge in [-0.15, -0.1) is 0 Å². The molecule has 1 aromatic carbocycles. The maximum Gasteiger partial charge on any atom is 0.315 e. The Morgan fingerprint density at radius 1 is 1.50 bits per heavy atom. The number of aliphatic carboxylic acids is 1. The molecule has 1 rings (SSSR count). The molecule has 6 heteroatoms. The van der Waals surface area contributed by atoms with Crippen LogP contribution >= 0.6 is 11.6 Å². The molecule has 0 aromatic heterocycles. The van der Waals surface area contributed by atoms with Crippen LogP contribution in [0, 0.1) is 11.7 Å². The highest BCUT2D eigenvalue weighted by atomic mass is 35.5. The molecule has 1 unspecified atom stereocenters. The molecule has 0 aliphatic heterocycles. The van der Waals surface area contributed by atoms with E-state index >= 15 is 0 Å². The summed E-state index contributed by atoms with van der Waals surface area (Å²) in [6, 6.07) is 3.69. The van der Waals surface area contributed by atoms with E-state index in [0.717, 1.165) is 6.07 Å². The van der Waals surface area contributed by atoms with Crippen LogP contribution in [0.3, 0.4) is 0 Å². The van der Waals surface area contributed by atoms with Crippen LogP contribution in [0.5, 0.6) is 0 Å². The van der Waals surface area contributed by atoms with Crippen molar-refractivity contribution in [3.63, 3.8) is 0 Å². The van der Waals surface area contributed by atoms with Crippen LogP contribution in [0.4, 0.5) is 10.1 Å². The average Bonchev–Trinajstić information content (AvgIpc) is 2.20. The van der Waals surface area contributed by atoms with Gasteiger partial charge in [0.05, 0.1) is 5.69 Å². The summed E-state index contributed by atoms with van der Waals surface area (Å²) in [5.74, 6) is -4.01. The number of carbonyl (C=O) groups is 2. The van der Waals surface area contributed by atoms with Crippen LogP contribution in [0.15, 0.2) is 18.2 Å². The van der Waals surface area contributed by atoms with Crippen molar-refractivity contribution in [1.82, 2.24) is 0 Å². The third kappa shape index (κ3) is 2.93. The molecule has 1 amide bonds. The van der Waals surface area contributed by atoms with Crippen molar-refractivity contribution < 1.29 is 19.1 Å². The fourth-order valence-electron chi connectivity index (χ4n) is 0.944. The maximum absolute atomic E-state index is 13.2. The van der Waals surface area contributed by atoms with Gasteiger partial charge in [0.2, 0.25) is 5.91 Å². The van der Waals surface area contributed by atoms with Crippen molar-refractivity contribution in [1.29, 1.82) is 0 Å². The smallest absolute Gasteiger partial charge is 0.315 e. The molecule has 0 saturated heterocycles. The Labute approximate surface area is 96.0 Å². The molecule has 0 spiro atoms. The van der Waals surface area contributed by atoms with Gasteiger partial charge in [-0.25, -0.2) is 4.39 Å². The first kappa shape index (κ1) is 12.4. The van der Waals surface area contributed by atoms with Crippen molar-refractivity contribution in [2.45, 2.75) is 6.92 Å². The highest BCUT2D eigenvalue weighted by molar-refractivity contribution is 6.30. The Hall–Kier alpha value is -1.62. The number of carboxylic acids is 1. The summed E-state index contributed by atoms with van der Waals surface area (Å²) >= 11 is 5.52. The van der Waals surface area contributed by atoms with Gasteiger partial charge in [0.1, 0.15) is 11.7 Å². The highest BCUT2D eigenvalue weighted by Crippen LogP contribution is 2.19. The molecule has 0 fully saturated rings. The zero-order chi connectivity index (χ0) is 12.3. The number of rotatable bonds is 3. The number of anilines is 1. The Balaban J connectivity index is 2.81. The van der Waals surface area contributed by atoms with E-state index in [2.05, 4.69) is 5.32 Å². The zero-order valence-corrected chi connectivity index (χ0v) is 9.08. The van der Waals surface area contributed by atoms with E-state index < -0.39 is 23.6 Å². The fourth-order valence-corrected chi connectivity index (χ4v) is 1.10. The molecule has 0 bridgehead atoms. The molecule has 16 heavy (non-hydrogen) atoms. The van der Waals surface area contributed by atoms with Crippen molar-refractivity contribution in [3.05, 3.63) is 29.0 Å². The molecule has 0 heterocycles. The minimum Gasteiger partial charge on any atom is -0.481 e. The molecule has 0 saturated carbocycles. The van der Waals surface area contributed by atoms with Crippen molar-refractivity contribution >= 4 is 29.2 Å². The van der Waals surface area contributed by atoms with Gasteiger partial charge < -0.3 is 10.4 Å². The minimum absolute atomic E-state index is 0.0949. The molecule has 0 aliphatic carbocycles. The zero-order valence-electron chi connectivity index (χ0n) is 8.33. The average molecular weight is 246 g/mol. The summed E-state index contributed by atoms with van der Waals surface area (Å²) in [5, 5.41) is 10.9. The van der Waals surface area contributed by atoms with Crippen molar-refractivity contribution in [3.8, 4) is 0 Å². The summed E-state index contributed by atoms with van der Waals surface area (Å²) in [6.07, 6.45) is 0. The summed E-state index contributed by atoms with van der Waals surface area (Å²) in [7, 11) is 0. The van der Waals surface area contributed by atoms with Gasteiger partial charge >= 0.3 is 5.97 Å². The predicted octanol–water partition coefficient (Wildman–Crippen LogP) is 2.14. The predicted molar refractivity (Wildman–Crippen MR) is 56.8 cm³/mol. The van der Waals surface area contributed by atoms with Crippen LogP contribution in [0.1, 0.15) is 6.92 Å². The molecule has 4 nitrogen and oxygen atoms in total. The SMILES string of the molecule is CC(C(=O)O)C(=O)Nc1ccc(Cl)cc1F. The van der Waals surface area contributed by atoms with Crippen molar-refractivity contribution in [2.24, 2.45) is 5.92 Å². The van der Waals surface area contributed by atoms with Crippen LogP contribution in [0.2, 0.25) is 5.02 Å². The number of halogens is 2. The maximum atomic E-state index is 13.2. The lowest BCUT2D eigenvalue weighted by molar-refractivity contribution is -0.144. The lowest BCUT2D eigenvalue weighted by atomic mass is 10.1. The summed E-state index contributed by atoms with van der Waals surface area (Å²) < 4.78 is 13.2.